The average Bonchev–Trinajstić information content (AvgIpc) is 2.54. The van der Waals surface area contributed by atoms with Crippen LogP contribution in [0.25, 0.3) is 0 Å². The van der Waals surface area contributed by atoms with E-state index in [1.165, 1.54) is 31.5 Å². The van der Waals surface area contributed by atoms with Crippen LogP contribution in [0.1, 0.15) is 18.4 Å². The number of hydrogen-bond acceptors (Lipinski definition) is 2. The van der Waals surface area contributed by atoms with E-state index < -0.39 is 0 Å². The molecule has 2 bridgehead atoms. The zero-order valence-corrected chi connectivity index (χ0v) is 9.68. The zero-order chi connectivity index (χ0) is 11.0. The summed E-state index contributed by atoms with van der Waals surface area (Å²) in [5.74, 6) is 1.50. The van der Waals surface area contributed by atoms with Gasteiger partial charge in [0.05, 0.1) is 0 Å². The molecule has 1 heterocycles. The molecule has 0 amide bonds. The first-order valence-electron chi connectivity index (χ1n) is 6.35. The molecular weight excluding hydrogens is 196 g/mol. The second kappa shape index (κ2) is 4.19. The molecule has 3 rings (SSSR count). The van der Waals surface area contributed by atoms with Crippen molar-refractivity contribution >= 4 is 0 Å². The summed E-state index contributed by atoms with van der Waals surface area (Å²) in [6.45, 7) is 3.50. The molecule has 2 aliphatic rings. The van der Waals surface area contributed by atoms with Gasteiger partial charge >= 0.3 is 0 Å². The van der Waals surface area contributed by atoms with Gasteiger partial charge in [0.15, 0.2) is 0 Å². The molecule has 1 aromatic rings. The Morgan fingerprint density at radius 2 is 1.69 bits per heavy atom. The molecule has 86 valence electrons. The van der Waals surface area contributed by atoms with Crippen LogP contribution in [-0.4, -0.2) is 24.0 Å². The van der Waals surface area contributed by atoms with Crippen molar-refractivity contribution in [1.82, 2.24) is 4.90 Å². The molecule has 2 nitrogen and oxygen atoms in total. The van der Waals surface area contributed by atoms with Crippen molar-refractivity contribution in [3.8, 4) is 0 Å². The molecule has 1 aliphatic carbocycles. The van der Waals surface area contributed by atoms with E-state index in [0.717, 1.165) is 18.4 Å². The van der Waals surface area contributed by atoms with Gasteiger partial charge in [0.1, 0.15) is 0 Å². The number of fused-ring (bicyclic) bond motifs is 2. The second-order valence-corrected chi connectivity index (χ2v) is 5.35. The van der Waals surface area contributed by atoms with E-state index in [9.17, 15) is 0 Å². The number of nitrogens with two attached hydrogens (primary N) is 1. The van der Waals surface area contributed by atoms with E-state index in [4.69, 9.17) is 5.73 Å². The van der Waals surface area contributed by atoms with Crippen molar-refractivity contribution in [2.24, 2.45) is 17.6 Å². The lowest BCUT2D eigenvalue weighted by molar-refractivity contribution is 0.140. The summed E-state index contributed by atoms with van der Waals surface area (Å²) in [6, 6.07) is 11.2. The summed E-state index contributed by atoms with van der Waals surface area (Å²) >= 11 is 0. The van der Waals surface area contributed by atoms with Crippen LogP contribution in [0, 0.1) is 11.8 Å². The maximum atomic E-state index is 6.21. The Kier molecular flexibility index (Phi) is 2.70. The molecule has 2 heteroatoms. The number of likely N-dealkylation sites (tertiary alicyclic amines) is 1. The predicted molar refractivity (Wildman–Crippen MR) is 65.9 cm³/mol. The van der Waals surface area contributed by atoms with Crippen LogP contribution in [-0.2, 0) is 6.54 Å². The molecule has 2 fully saturated rings. The molecule has 2 N–H and O–H groups in total. The van der Waals surface area contributed by atoms with Gasteiger partial charge in [-0.25, -0.2) is 0 Å². The van der Waals surface area contributed by atoms with Gasteiger partial charge in [-0.15, -0.1) is 0 Å². The molecule has 1 saturated heterocycles. The monoisotopic (exact) mass is 216 g/mol. The van der Waals surface area contributed by atoms with Crippen molar-refractivity contribution < 1.29 is 0 Å². The van der Waals surface area contributed by atoms with Crippen molar-refractivity contribution in [2.45, 2.75) is 25.4 Å². The maximum Gasteiger partial charge on any atom is 0.0233 e. The van der Waals surface area contributed by atoms with Crippen LogP contribution < -0.4 is 5.73 Å². The summed E-state index contributed by atoms with van der Waals surface area (Å²) in [4.78, 5) is 2.58. The minimum atomic E-state index is 0.479. The molecule has 1 unspecified atom stereocenters. The van der Waals surface area contributed by atoms with Crippen molar-refractivity contribution in [3.05, 3.63) is 35.9 Å². The predicted octanol–water partition coefficient (Wildman–Crippen LogP) is 1.86. The van der Waals surface area contributed by atoms with Gasteiger partial charge in [-0.1, -0.05) is 30.3 Å². The van der Waals surface area contributed by atoms with Crippen molar-refractivity contribution in [3.63, 3.8) is 0 Å². The quantitative estimate of drug-likeness (QED) is 0.817. The van der Waals surface area contributed by atoms with E-state index in [1.54, 1.807) is 0 Å². The summed E-state index contributed by atoms with van der Waals surface area (Å²) in [7, 11) is 0. The minimum Gasteiger partial charge on any atom is -0.327 e. The Balaban J connectivity index is 1.66. The molecule has 0 aromatic heterocycles. The molecule has 1 saturated carbocycles. The fourth-order valence-corrected chi connectivity index (χ4v) is 3.33. The number of nitrogens with zero attached hydrogens (tertiary/aromatic N) is 1. The summed E-state index contributed by atoms with van der Waals surface area (Å²) < 4.78 is 0. The SMILES string of the molecule is NC1[C@@H]2CC[C@H]1CN(Cc1ccccc1)C2. The van der Waals surface area contributed by atoms with Crippen molar-refractivity contribution in [2.75, 3.05) is 13.1 Å². The van der Waals surface area contributed by atoms with Crippen LogP contribution in [0.4, 0.5) is 0 Å². The summed E-state index contributed by atoms with van der Waals surface area (Å²) in [5, 5.41) is 0. The van der Waals surface area contributed by atoms with Gasteiger partial charge in [-0.2, -0.15) is 0 Å². The van der Waals surface area contributed by atoms with E-state index in [2.05, 4.69) is 35.2 Å². The molecule has 0 spiro atoms. The summed E-state index contributed by atoms with van der Waals surface area (Å²) in [6.07, 6.45) is 2.69. The Morgan fingerprint density at radius 3 is 2.31 bits per heavy atom. The van der Waals surface area contributed by atoms with Crippen LogP contribution in [0.3, 0.4) is 0 Å². The lowest BCUT2D eigenvalue weighted by Crippen LogP contribution is -2.48. The van der Waals surface area contributed by atoms with Gasteiger partial charge in [0, 0.05) is 25.7 Å². The molecule has 1 aromatic carbocycles. The van der Waals surface area contributed by atoms with E-state index >= 15 is 0 Å². The Bertz CT molecular complexity index is 335. The highest BCUT2D eigenvalue weighted by Crippen LogP contribution is 2.35. The van der Waals surface area contributed by atoms with Crippen LogP contribution in [0.5, 0.6) is 0 Å². The van der Waals surface area contributed by atoms with E-state index in [1.807, 2.05) is 0 Å². The maximum absolute atomic E-state index is 6.21. The number of hydrogen-bond donors (Lipinski definition) is 1. The second-order valence-electron chi connectivity index (χ2n) is 5.35. The van der Waals surface area contributed by atoms with Crippen LogP contribution in [0.2, 0.25) is 0 Å². The normalized spacial score (nSPS) is 34.2. The highest BCUT2D eigenvalue weighted by molar-refractivity contribution is 5.14. The highest BCUT2D eigenvalue weighted by atomic mass is 15.2. The minimum absolute atomic E-state index is 0.479. The third-order valence-corrected chi connectivity index (χ3v) is 4.23. The topological polar surface area (TPSA) is 29.3 Å². The highest BCUT2D eigenvalue weighted by Gasteiger charge is 2.39. The van der Waals surface area contributed by atoms with Crippen LogP contribution >= 0.6 is 0 Å². The van der Waals surface area contributed by atoms with Gasteiger partial charge in [0.25, 0.3) is 0 Å². The van der Waals surface area contributed by atoms with Gasteiger partial charge in [-0.05, 0) is 30.2 Å². The van der Waals surface area contributed by atoms with Crippen molar-refractivity contribution in [1.29, 1.82) is 0 Å². The molecule has 3 atom stereocenters. The van der Waals surface area contributed by atoms with E-state index in [-0.39, 0.29) is 0 Å². The number of rotatable bonds is 2. The lowest BCUT2D eigenvalue weighted by atomic mass is 9.93. The third-order valence-electron chi connectivity index (χ3n) is 4.23. The average molecular weight is 216 g/mol. The fraction of sp³-hybridized carbons (Fsp3) is 0.571. The standard InChI is InChI=1S/C14H20N2/c15-14-12-6-7-13(14)10-16(9-12)8-11-4-2-1-3-5-11/h1-5,12-14H,6-10,15H2/t12-,13+,14?. The number of piperidine rings is 1. The van der Waals surface area contributed by atoms with Gasteiger partial charge < -0.3 is 5.73 Å². The van der Waals surface area contributed by atoms with Gasteiger partial charge in [-0.3, -0.25) is 4.90 Å². The Hall–Kier alpha value is -0.860. The summed E-state index contributed by atoms with van der Waals surface area (Å²) in [5.41, 5.74) is 7.64. The Labute approximate surface area is 97.4 Å². The first-order chi connectivity index (χ1) is 7.83. The lowest BCUT2D eigenvalue weighted by Gasteiger charge is -2.36. The Morgan fingerprint density at radius 1 is 1.06 bits per heavy atom. The first kappa shape index (κ1) is 10.3. The first-order valence-corrected chi connectivity index (χ1v) is 6.35. The molecule has 0 radical (unpaired) electrons. The fourth-order valence-electron chi connectivity index (χ4n) is 3.33. The molecule has 1 aliphatic heterocycles. The van der Waals surface area contributed by atoms with Crippen LogP contribution in [0.15, 0.2) is 30.3 Å². The largest absolute Gasteiger partial charge is 0.327 e. The third kappa shape index (κ3) is 1.87. The molecular formula is C14H20N2. The molecule has 16 heavy (non-hydrogen) atoms. The van der Waals surface area contributed by atoms with Gasteiger partial charge in [0.2, 0.25) is 0 Å². The smallest absolute Gasteiger partial charge is 0.0233 e. The zero-order valence-electron chi connectivity index (χ0n) is 9.68. The van der Waals surface area contributed by atoms with E-state index in [0.29, 0.717) is 6.04 Å². The number of benzene rings is 1.